The van der Waals surface area contributed by atoms with Crippen molar-refractivity contribution < 1.29 is 14.3 Å². The molecule has 4 rings (SSSR count). The summed E-state index contributed by atoms with van der Waals surface area (Å²) in [7, 11) is 0. The molecule has 0 saturated heterocycles. The van der Waals surface area contributed by atoms with Crippen LogP contribution in [0.2, 0.25) is 0 Å². The lowest BCUT2D eigenvalue weighted by atomic mass is 9.77. The first-order chi connectivity index (χ1) is 14.0. The Kier molecular flexibility index (Phi) is 4.91. The molecule has 0 fully saturated rings. The summed E-state index contributed by atoms with van der Waals surface area (Å²) in [6.45, 7) is 4.04. The molecule has 3 heteroatoms. The molecule has 1 heterocycles. The lowest BCUT2D eigenvalue weighted by Gasteiger charge is -2.32. The Morgan fingerprint density at radius 1 is 0.759 bits per heavy atom. The number of hydrogen-bond acceptors (Lipinski definition) is 3. The summed E-state index contributed by atoms with van der Waals surface area (Å²) in [6.07, 6.45) is 0.679. The van der Waals surface area contributed by atoms with Crippen molar-refractivity contribution in [2.45, 2.75) is 19.4 Å². The van der Waals surface area contributed by atoms with E-state index in [4.69, 9.17) is 4.42 Å². The predicted molar refractivity (Wildman–Crippen MR) is 114 cm³/mol. The second-order valence-electron chi connectivity index (χ2n) is 7.31. The average molecular weight is 382 g/mol. The normalized spacial score (nSPS) is 11.4. The summed E-state index contributed by atoms with van der Waals surface area (Å²) < 4.78 is 5.69. The molecule has 3 nitrogen and oxygen atoms in total. The largest absolute Gasteiger partial charge is 0.453 e. The molecule has 0 spiro atoms. The maximum Gasteiger partial charge on any atom is 0.185 e. The number of aryl methyl sites for hydroxylation is 2. The zero-order chi connectivity index (χ0) is 20.4. The molecule has 144 valence electrons. The Balaban J connectivity index is 1.99. The fourth-order valence-electron chi connectivity index (χ4n) is 3.64. The van der Waals surface area contributed by atoms with Gasteiger partial charge in [-0.3, -0.25) is 4.79 Å². The molecule has 0 radical (unpaired) electrons. The van der Waals surface area contributed by atoms with E-state index in [0.717, 1.165) is 27.8 Å². The van der Waals surface area contributed by atoms with Gasteiger partial charge in [0.25, 0.3) is 0 Å². The van der Waals surface area contributed by atoms with Gasteiger partial charge in [-0.1, -0.05) is 83.9 Å². The van der Waals surface area contributed by atoms with Crippen LogP contribution in [0.25, 0.3) is 11.3 Å². The van der Waals surface area contributed by atoms with Crippen LogP contribution < -0.4 is 0 Å². The van der Waals surface area contributed by atoms with E-state index in [2.05, 4.69) is 0 Å². The molecule has 0 aliphatic rings. The number of aldehydes is 1. The van der Waals surface area contributed by atoms with Crippen LogP contribution in [0.1, 0.15) is 38.4 Å². The minimum absolute atomic E-state index is 0.254. The lowest BCUT2D eigenvalue weighted by molar-refractivity contribution is 0.110. The zero-order valence-corrected chi connectivity index (χ0v) is 16.4. The van der Waals surface area contributed by atoms with Crippen molar-refractivity contribution in [2.75, 3.05) is 0 Å². The van der Waals surface area contributed by atoms with E-state index in [1.54, 1.807) is 12.1 Å². The summed E-state index contributed by atoms with van der Waals surface area (Å²) in [5.41, 5.74) is 3.82. The minimum Gasteiger partial charge on any atom is -0.453 e. The molecular weight excluding hydrogens is 360 g/mol. The SMILES string of the molecule is Cc1ccc(C(O)(c2ccc(C)cc2)c2ccccc2-c2ccc(C=O)o2)cc1. The van der Waals surface area contributed by atoms with Crippen molar-refractivity contribution in [3.8, 4) is 11.3 Å². The number of benzene rings is 3. The Bertz CT molecular complexity index is 1090. The number of rotatable bonds is 5. The van der Waals surface area contributed by atoms with Gasteiger partial charge >= 0.3 is 0 Å². The van der Waals surface area contributed by atoms with Crippen molar-refractivity contribution in [1.29, 1.82) is 0 Å². The van der Waals surface area contributed by atoms with Crippen LogP contribution >= 0.6 is 0 Å². The Morgan fingerprint density at radius 2 is 1.31 bits per heavy atom. The van der Waals surface area contributed by atoms with Gasteiger partial charge < -0.3 is 9.52 Å². The maximum atomic E-state index is 12.2. The average Bonchev–Trinajstić information content (AvgIpc) is 3.23. The number of carbonyl (C=O) groups is 1. The van der Waals surface area contributed by atoms with E-state index in [1.807, 2.05) is 86.6 Å². The third-order valence-corrected chi connectivity index (χ3v) is 5.26. The molecule has 29 heavy (non-hydrogen) atoms. The summed E-state index contributed by atoms with van der Waals surface area (Å²) in [5.74, 6) is 0.796. The molecular formula is C26H22O3. The van der Waals surface area contributed by atoms with E-state index >= 15 is 0 Å². The van der Waals surface area contributed by atoms with Gasteiger partial charge in [0.1, 0.15) is 11.4 Å². The monoisotopic (exact) mass is 382 g/mol. The van der Waals surface area contributed by atoms with Gasteiger partial charge in [-0.2, -0.15) is 0 Å². The molecule has 1 aromatic heterocycles. The van der Waals surface area contributed by atoms with E-state index < -0.39 is 5.60 Å². The zero-order valence-electron chi connectivity index (χ0n) is 16.4. The van der Waals surface area contributed by atoms with Crippen LogP contribution in [0.3, 0.4) is 0 Å². The van der Waals surface area contributed by atoms with Crippen LogP contribution in [-0.2, 0) is 5.60 Å². The highest BCUT2D eigenvalue weighted by Gasteiger charge is 2.36. The minimum atomic E-state index is -1.38. The maximum absolute atomic E-state index is 12.2. The Labute approximate surface area is 170 Å². The highest BCUT2D eigenvalue weighted by atomic mass is 16.3. The fourth-order valence-corrected chi connectivity index (χ4v) is 3.64. The van der Waals surface area contributed by atoms with E-state index in [1.165, 1.54) is 0 Å². The van der Waals surface area contributed by atoms with Crippen molar-refractivity contribution in [1.82, 2.24) is 0 Å². The van der Waals surface area contributed by atoms with Crippen LogP contribution in [0.4, 0.5) is 0 Å². The van der Waals surface area contributed by atoms with Crippen molar-refractivity contribution in [3.05, 3.63) is 119 Å². The van der Waals surface area contributed by atoms with Gasteiger partial charge in [-0.05, 0) is 37.1 Å². The van der Waals surface area contributed by atoms with Crippen LogP contribution in [0.15, 0.2) is 89.3 Å². The molecule has 0 aliphatic heterocycles. The standard InChI is InChI=1S/C26H22O3/c1-18-7-11-20(12-8-18)26(28,21-13-9-19(2)10-14-21)24-6-4-3-5-23(24)25-16-15-22(17-27)29-25/h3-17,28H,1-2H3. The summed E-state index contributed by atoms with van der Waals surface area (Å²) in [4.78, 5) is 11.1. The molecule has 0 unspecified atom stereocenters. The van der Waals surface area contributed by atoms with Gasteiger partial charge in [0.2, 0.25) is 0 Å². The number of hydrogen-bond donors (Lipinski definition) is 1. The van der Waals surface area contributed by atoms with Crippen LogP contribution in [0.5, 0.6) is 0 Å². The van der Waals surface area contributed by atoms with Gasteiger partial charge in [0, 0.05) is 11.1 Å². The quantitative estimate of drug-likeness (QED) is 0.358. The third-order valence-electron chi connectivity index (χ3n) is 5.26. The third kappa shape index (κ3) is 3.41. The second kappa shape index (κ2) is 7.53. The van der Waals surface area contributed by atoms with E-state index in [0.29, 0.717) is 17.6 Å². The molecule has 4 aromatic rings. The highest BCUT2D eigenvalue weighted by molar-refractivity contribution is 5.74. The summed E-state index contributed by atoms with van der Waals surface area (Å²) in [5, 5.41) is 12.2. The molecule has 0 amide bonds. The first-order valence-corrected chi connectivity index (χ1v) is 9.54. The molecule has 1 N–H and O–H groups in total. The van der Waals surface area contributed by atoms with Gasteiger partial charge in [-0.15, -0.1) is 0 Å². The van der Waals surface area contributed by atoms with Crippen molar-refractivity contribution in [2.24, 2.45) is 0 Å². The Hall–Kier alpha value is -3.43. The second-order valence-corrected chi connectivity index (χ2v) is 7.31. The van der Waals surface area contributed by atoms with Gasteiger partial charge in [0.05, 0.1) is 0 Å². The smallest absolute Gasteiger partial charge is 0.185 e. The van der Waals surface area contributed by atoms with Crippen molar-refractivity contribution in [3.63, 3.8) is 0 Å². The van der Waals surface area contributed by atoms with Crippen LogP contribution in [-0.4, -0.2) is 11.4 Å². The van der Waals surface area contributed by atoms with Gasteiger partial charge in [0.15, 0.2) is 12.0 Å². The first kappa shape index (κ1) is 18.9. The first-order valence-electron chi connectivity index (χ1n) is 9.54. The Morgan fingerprint density at radius 3 is 1.83 bits per heavy atom. The topological polar surface area (TPSA) is 50.4 Å². The molecule has 0 saturated carbocycles. The van der Waals surface area contributed by atoms with Crippen molar-refractivity contribution >= 4 is 6.29 Å². The predicted octanol–water partition coefficient (Wildman–Crippen LogP) is 5.66. The number of carbonyl (C=O) groups excluding carboxylic acids is 1. The number of aliphatic hydroxyl groups is 1. The molecule has 0 atom stereocenters. The van der Waals surface area contributed by atoms with Crippen LogP contribution in [0, 0.1) is 13.8 Å². The number of furan rings is 1. The van der Waals surface area contributed by atoms with E-state index in [-0.39, 0.29) is 5.76 Å². The fraction of sp³-hybridized carbons (Fsp3) is 0.115. The van der Waals surface area contributed by atoms with Gasteiger partial charge in [-0.25, -0.2) is 0 Å². The molecule has 0 bridgehead atoms. The molecule has 3 aromatic carbocycles. The highest BCUT2D eigenvalue weighted by Crippen LogP contribution is 2.42. The lowest BCUT2D eigenvalue weighted by Crippen LogP contribution is -2.29. The molecule has 0 aliphatic carbocycles. The summed E-state index contributed by atoms with van der Waals surface area (Å²) >= 11 is 0. The summed E-state index contributed by atoms with van der Waals surface area (Å²) in [6, 6.07) is 26.8. The van der Waals surface area contributed by atoms with E-state index in [9.17, 15) is 9.90 Å².